The molecule has 2 aliphatic heterocycles. The van der Waals surface area contributed by atoms with Crippen molar-refractivity contribution in [2.45, 2.75) is 88.9 Å². The number of esters is 1. The Morgan fingerprint density at radius 3 is 1.66 bits per heavy atom. The average molecular weight is 491 g/mol. The van der Waals surface area contributed by atoms with Crippen molar-refractivity contribution in [3.63, 3.8) is 0 Å². The molecular weight excluding hydrogens is 448 g/mol. The van der Waals surface area contributed by atoms with Crippen molar-refractivity contribution in [1.29, 1.82) is 0 Å². The van der Waals surface area contributed by atoms with Crippen molar-refractivity contribution < 1.29 is 28.7 Å². The number of carbonyl (C=O) groups is 4. The lowest BCUT2D eigenvalue weighted by Gasteiger charge is -2.61. The van der Waals surface area contributed by atoms with Gasteiger partial charge in [0.1, 0.15) is 17.2 Å². The first-order valence-electron chi connectivity index (χ1n) is 11.9. The zero-order valence-corrected chi connectivity index (χ0v) is 23.8. The van der Waals surface area contributed by atoms with Crippen LogP contribution >= 0.6 is 0 Å². The Balaban J connectivity index is 3.09. The molecule has 8 heteroatoms. The molecule has 0 aliphatic carbocycles. The number of hydrogen-bond acceptors (Lipinski definition) is 7. The topological polar surface area (TPSA) is 102 Å². The first-order chi connectivity index (χ1) is 15.4. The van der Waals surface area contributed by atoms with Gasteiger partial charge in [0.2, 0.25) is 5.41 Å². The number of nitrogens with zero attached hydrogens (tertiary/aromatic N) is 2. The number of carbonyl (C=O) groups excluding carboxylic acids is 4. The lowest BCUT2D eigenvalue weighted by molar-refractivity contribution is -0.306. The van der Waals surface area contributed by atoms with E-state index in [2.05, 4.69) is 4.99 Å². The van der Waals surface area contributed by atoms with Crippen LogP contribution in [0.5, 0.6) is 0 Å². The van der Waals surface area contributed by atoms with Crippen molar-refractivity contribution in [2.24, 2.45) is 32.1 Å². The number of β-lactam (4-membered cyclic amide) rings is 1. The predicted octanol–water partition coefficient (Wildman–Crippen LogP) is 4.32. The number of hydrogen-bond donors (Lipinski definition) is 0. The van der Waals surface area contributed by atoms with Gasteiger partial charge in [-0.15, -0.1) is 0 Å². The van der Waals surface area contributed by atoms with Crippen molar-refractivity contribution >= 4 is 29.3 Å². The Morgan fingerprint density at radius 1 is 0.829 bits per heavy atom. The molecule has 2 aliphatic rings. The Labute approximate surface area is 209 Å². The summed E-state index contributed by atoms with van der Waals surface area (Å²) in [6, 6.07) is 0. The van der Waals surface area contributed by atoms with Gasteiger partial charge in [0.15, 0.2) is 11.6 Å². The number of Topliss-reactive ketones (excluding diaryl/α,β-unsaturated/α-hetero) is 2. The molecule has 2 rings (SSSR count). The van der Waals surface area contributed by atoms with E-state index in [9.17, 15) is 19.2 Å². The molecule has 0 bridgehead atoms. The highest BCUT2D eigenvalue weighted by Crippen LogP contribution is 2.60. The maximum atomic E-state index is 14.2. The SMILES string of the molecule is CN=C1N(C)C(=O)C1(C(=O)C(C)(C)C)C1(C(C)(C)C)OC(=O)C(C(=O)C(C)(C)C)=C(C(C)(C)C)O1. The minimum atomic E-state index is -2.08. The van der Waals surface area contributed by atoms with Gasteiger partial charge in [0.05, 0.1) is 0 Å². The maximum absolute atomic E-state index is 14.2. The highest BCUT2D eigenvalue weighted by Gasteiger charge is 2.82. The number of rotatable bonds is 3. The molecule has 1 amide bonds. The van der Waals surface area contributed by atoms with Gasteiger partial charge in [-0.05, 0) is 0 Å². The number of allylic oxidation sites excluding steroid dienone is 1. The van der Waals surface area contributed by atoms with Crippen molar-refractivity contribution in [1.82, 2.24) is 4.90 Å². The van der Waals surface area contributed by atoms with Crippen LogP contribution in [-0.2, 0) is 28.7 Å². The van der Waals surface area contributed by atoms with Crippen LogP contribution in [0.25, 0.3) is 0 Å². The number of amides is 1. The molecule has 0 aromatic carbocycles. The van der Waals surface area contributed by atoms with Crippen LogP contribution < -0.4 is 0 Å². The van der Waals surface area contributed by atoms with Crippen LogP contribution in [0.15, 0.2) is 16.3 Å². The fourth-order valence-electron chi connectivity index (χ4n) is 4.77. The summed E-state index contributed by atoms with van der Waals surface area (Å²) < 4.78 is 12.7. The standard InChI is InChI=1S/C27H42N2O6/c1-22(2,3)16(30)15-17(23(4,5)6)34-27(25(10,11)12,35-18(15)31)26(19(32)24(7,8)9)20(28-13)29(14)21(26)33/h1-14H3. The molecule has 0 aromatic heterocycles. The number of ketones is 2. The van der Waals surface area contributed by atoms with Crippen LogP contribution in [0.2, 0.25) is 0 Å². The third-order valence-corrected chi connectivity index (χ3v) is 6.50. The first kappa shape index (κ1) is 28.7. The molecule has 1 fully saturated rings. The third kappa shape index (κ3) is 3.93. The van der Waals surface area contributed by atoms with Crippen LogP contribution in [0, 0.1) is 27.1 Å². The minimum absolute atomic E-state index is 0.0995. The Bertz CT molecular complexity index is 1040. The van der Waals surface area contributed by atoms with E-state index in [1.165, 1.54) is 19.0 Å². The van der Waals surface area contributed by atoms with E-state index in [1.54, 1.807) is 62.3 Å². The predicted molar refractivity (Wildman–Crippen MR) is 133 cm³/mol. The number of ether oxygens (including phenoxy) is 2. The van der Waals surface area contributed by atoms with E-state index in [1.807, 2.05) is 20.8 Å². The molecule has 0 N–H and O–H groups in total. The lowest BCUT2D eigenvalue weighted by atomic mass is 9.55. The summed E-state index contributed by atoms with van der Waals surface area (Å²) in [5, 5.41) is 0. The third-order valence-electron chi connectivity index (χ3n) is 6.50. The smallest absolute Gasteiger partial charge is 0.348 e. The summed E-state index contributed by atoms with van der Waals surface area (Å²) in [4.78, 5) is 60.8. The fourth-order valence-corrected chi connectivity index (χ4v) is 4.77. The number of aliphatic imine (C=N–C) groups is 1. The van der Waals surface area contributed by atoms with Crippen molar-refractivity contribution in [2.75, 3.05) is 14.1 Å². The van der Waals surface area contributed by atoms with E-state index in [0.717, 1.165) is 0 Å². The minimum Gasteiger partial charge on any atom is -0.452 e. The van der Waals surface area contributed by atoms with Gasteiger partial charge in [-0.1, -0.05) is 83.1 Å². The molecule has 196 valence electrons. The van der Waals surface area contributed by atoms with Crippen LogP contribution in [0.1, 0.15) is 83.1 Å². The zero-order chi connectivity index (χ0) is 27.7. The van der Waals surface area contributed by atoms with Gasteiger partial charge >= 0.3 is 5.97 Å². The van der Waals surface area contributed by atoms with Crippen LogP contribution in [0.4, 0.5) is 0 Å². The normalized spacial score (nSPS) is 27.5. The second-order valence-corrected chi connectivity index (χ2v) is 13.6. The maximum Gasteiger partial charge on any atom is 0.348 e. The summed E-state index contributed by atoms with van der Waals surface area (Å²) in [5.41, 5.74) is -6.01. The molecule has 2 heterocycles. The van der Waals surface area contributed by atoms with Gasteiger partial charge in [0.25, 0.3) is 11.7 Å². The molecule has 1 saturated heterocycles. The highest BCUT2D eigenvalue weighted by atomic mass is 16.7. The quantitative estimate of drug-likeness (QED) is 0.253. The molecule has 2 unspecified atom stereocenters. The molecule has 2 atom stereocenters. The number of amidine groups is 1. The molecule has 35 heavy (non-hydrogen) atoms. The molecule has 0 aromatic rings. The van der Waals surface area contributed by atoms with Crippen LogP contribution in [0.3, 0.4) is 0 Å². The molecule has 0 spiro atoms. The van der Waals surface area contributed by atoms with E-state index in [-0.39, 0.29) is 17.2 Å². The van der Waals surface area contributed by atoms with Gasteiger partial charge in [-0.2, -0.15) is 0 Å². The van der Waals surface area contributed by atoms with Gasteiger partial charge < -0.3 is 14.4 Å². The van der Waals surface area contributed by atoms with E-state index in [0.29, 0.717) is 0 Å². The van der Waals surface area contributed by atoms with Gasteiger partial charge in [0, 0.05) is 35.8 Å². The average Bonchev–Trinajstić information content (AvgIpc) is 2.66. The summed E-state index contributed by atoms with van der Waals surface area (Å²) in [6.45, 7) is 20.9. The fraction of sp³-hybridized carbons (Fsp3) is 0.741. The van der Waals surface area contributed by atoms with E-state index < -0.39 is 56.3 Å². The molecule has 0 radical (unpaired) electrons. The summed E-state index contributed by atoms with van der Waals surface area (Å²) in [7, 11) is 3.01. The van der Waals surface area contributed by atoms with Crippen LogP contribution in [-0.4, -0.2) is 54.1 Å². The first-order valence-corrected chi connectivity index (χ1v) is 11.9. The molecule has 0 saturated carbocycles. The second kappa shape index (κ2) is 8.00. The number of cyclic esters (lactones) is 1. The highest BCUT2D eigenvalue weighted by molar-refractivity contribution is 6.38. The number of likely N-dealkylation sites (tertiary alicyclic amines) is 1. The molecular formula is C27H42N2O6. The van der Waals surface area contributed by atoms with E-state index >= 15 is 0 Å². The van der Waals surface area contributed by atoms with E-state index in [4.69, 9.17) is 9.47 Å². The van der Waals surface area contributed by atoms with Crippen molar-refractivity contribution in [3.8, 4) is 0 Å². The Hall–Kier alpha value is -2.51. The summed E-state index contributed by atoms with van der Waals surface area (Å²) in [5.74, 6) is -4.21. The Morgan fingerprint density at radius 2 is 1.31 bits per heavy atom. The largest absolute Gasteiger partial charge is 0.452 e. The van der Waals surface area contributed by atoms with Crippen molar-refractivity contribution in [3.05, 3.63) is 11.3 Å². The van der Waals surface area contributed by atoms with Gasteiger partial charge in [-0.25, -0.2) is 4.79 Å². The second-order valence-electron chi connectivity index (χ2n) is 13.6. The zero-order valence-electron chi connectivity index (χ0n) is 23.8. The monoisotopic (exact) mass is 490 g/mol. The lowest BCUT2D eigenvalue weighted by Crippen LogP contribution is -2.82. The Kier molecular flexibility index (Phi) is 6.57. The van der Waals surface area contributed by atoms with Gasteiger partial charge in [-0.3, -0.25) is 19.4 Å². The summed E-state index contributed by atoms with van der Waals surface area (Å²) in [6.07, 6.45) is 0. The summed E-state index contributed by atoms with van der Waals surface area (Å²) >= 11 is 0. The molecule has 8 nitrogen and oxygen atoms in total.